The molecule has 2 heterocycles. The third kappa shape index (κ3) is 3.60. The van der Waals surface area contributed by atoms with Gasteiger partial charge in [-0.05, 0) is 42.8 Å². The van der Waals surface area contributed by atoms with Crippen LogP contribution in [-0.2, 0) is 6.54 Å². The molecule has 1 atom stereocenters. The molecule has 1 amide bonds. The van der Waals surface area contributed by atoms with Crippen LogP contribution in [0.2, 0.25) is 0 Å². The number of rotatable bonds is 5. The second-order valence-corrected chi connectivity index (χ2v) is 6.56. The number of furan rings is 1. The molecule has 4 nitrogen and oxygen atoms in total. The van der Waals surface area contributed by atoms with Crippen LogP contribution >= 0.6 is 0 Å². The smallest absolute Gasteiger partial charge is 0.254 e. The second-order valence-electron chi connectivity index (χ2n) is 6.56. The maximum Gasteiger partial charge on any atom is 0.254 e. The fourth-order valence-electron chi connectivity index (χ4n) is 3.25. The lowest BCUT2D eigenvalue weighted by Gasteiger charge is -2.29. The number of aromatic nitrogens is 1. The average Bonchev–Trinajstić information content (AvgIpc) is 3.24. The van der Waals surface area contributed by atoms with Crippen molar-refractivity contribution in [1.82, 2.24) is 9.88 Å². The van der Waals surface area contributed by atoms with Crippen LogP contribution in [-0.4, -0.2) is 15.8 Å². The molecule has 0 bridgehead atoms. The molecule has 2 aromatic heterocycles. The van der Waals surface area contributed by atoms with E-state index in [9.17, 15) is 4.79 Å². The molecule has 0 spiro atoms. The van der Waals surface area contributed by atoms with Gasteiger partial charge in [0.25, 0.3) is 5.91 Å². The Kier molecular flexibility index (Phi) is 4.71. The van der Waals surface area contributed by atoms with E-state index in [1.807, 2.05) is 71.6 Å². The lowest BCUT2D eigenvalue weighted by Crippen LogP contribution is -2.33. The van der Waals surface area contributed by atoms with Gasteiger partial charge in [-0.2, -0.15) is 0 Å². The van der Waals surface area contributed by atoms with Crippen molar-refractivity contribution in [2.45, 2.75) is 19.5 Å². The molecular formula is C23H20N2O2. The van der Waals surface area contributed by atoms with Gasteiger partial charge in [-0.3, -0.25) is 9.78 Å². The van der Waals surface area contributed by atoms with Crippen LogP contribution in [0.3, 0.4) is 0 Å². The maximum atomic E-state index is 13.4. The molecule has 4 rings (SSSR count). The van der Waals surface area contributed by atoms with Crippen molar-refractivity contribution < 1.29 is 9.21 Å². The molecule has 2 aromatic carbocycles. The minimum Gasteiger partial charge on any atom is -0.472 e. The zero-order chi connectivity index (χ0) is 18.6. The molecule has 134 valence electrons. The van der Waals surface area contributed by atoms with E-state index in [4.69, 9.17) is 4.42 Å². The van der Waals surface area contributed by atoms with Crippen LogP contribution in [0.15, 0.2) is 89.9 Å². The van der Waals surface area contributed by atoms with Crippen LogP contribution in [0.4, 0.5) is 0 Å². The van der Waals surface area contributed by atoms with Gasteiger partial charge in [-0.1, -0.05) is 36.4 Å². The highest BCUT2D eigenvalue weighted by atomic mass is 16.3. The van der Waals surface area contributed by atoms with E-state index < -0.39 is 0 Å². The van der Waals surface area contributed by atoms with Crippen molar-refractivity contribution in [2.24, 2.45) is 0 Å². The highest BCUT2D eigenvalue weighted by Crippen LogP contribution is 2.25. The molecule has 1 unspecified atom stereocenters. The summed E-state index contributed by atoms with van der Waals surface area (Å²) in [5.74, 6) is -0.0155. The zero-order valence-corrected chi connectivity index (χ0v) is 15.1. The molecule has 0 saturated heterocycles. The average molecular weight is 356 g/mol. The Bertz CT molecular complexity index is 1040. The number of nitrogens with zero attached hydrogens (tertiary/aromatic N) is 2. The molecule has 0 radical (unpaired) electrons. The third-order valence-corrected chi connectivity index (χ3v) is 4.79. The number of hydrogen-bond acceptors (Lipinski definition) is 3. The summed E-state index contributed by atoms with van der Waals surface area (Å²) in [6.45, 7) is 2.53. The van der Waals surface area contributed by atoms with Crippen molar-refractivity contribution in [3.8, 4) is 0 Å². The molecular weight excluding hydrogens is 336 g/mol. The summed E-state index contributed by atoms with van der Waals surface area (Å²) in [4.78, 5) is 19.6. The maximum absolute atomic E-state index is 13.4. The summed E-state index contributed by atoms with van der Waals surface area (Å²) in [5, 5.41) is 0.957. The lowest BCUT2D eigenvalue weighted by atomic mass is 10.0. The molecule has 0 N–H and O–H groups in total. The first-order chi connectivity index (χ1) is 13.2. The Morgan fingerprint density at radius 2 is 1.93 bits per heavy atom. The normalized spacial score (nSPS) is 12.0. The highest BCUT2D eigenvalue weighted by Gasteiger charge is 2.23. The molecule has 0 aliphatic heterocycles. The summed E-state index contributed by atoms with van der Waals surface area (Å²) in [5.41, 5.74) is 3.60. The Morgan fingerprint density at radius 1 is 1.07 bits per heavy atom. The van der Waals surface area contributed by atoms with Gasteiger partial charge >= 0.3 is 0 Å². The monoisotopic (exact) mass is 356 g/mol. The van der Waals surface area contributed by atoms with Crippen LogP contribution in [0.1, 0.15) is 34.5 Å². The topological polar surface area (TPSA) is 46.3 Å². The lowest BCUT2D eigenvalue weighted by molar-refractivity contribution is 0.0674. The second kappa shape index (κ2) is 7.46. The van der Waals surface area contributed by atoms with Crippen LogP contribution in [0.5, 0.6) is 0 Å². The van der Waals surface area contributed by atoms with Crippen LogP contribution in [0.25, 0.3) is 10.9 Å². The van der Waals surface area contributed by atoms with Crippen molar-refractivity contribution in [3.05, 3.63) is 102 Å². The molecule has 0 aliphatic rings. The van der Waals surface area contributed by atoms with Gasteiger partial charge in [0, 0.05) is 29.3 Å². The van der Waals surface area contributed by atoms with E-state index in [1.165, 1.54) is 0 Å². The van der Waals surface area contributed by atoms with Crippen molar-refractivity contribution >= 4 is 16.8 Å². The summed E-state index contributed by atoms with van der Waals surface area (Å²) in [6, 6.07) is 21.4. The number of fused-ring (bicyclic) bond motifs is 1. The largest absolute Gasteiger partial charge is 0.472 e. The van der Waals surface area contributed by atoms with Gasteiger partial charge in [0.2, 0.25) is 0 Å². The fraction of sp³-hybridized carbons (Fsp3) is 0.130. The summed E-state index contributed by atoms with van der Waals surface area (Å²) >= 11 is 0. The number of pyridine rings is 1. The molecule has 4 heteroatoms. The van der Waals surface area contributed by atoms with E-state index in [0.717, 1.165) is 22.0 Å². The van der Waals surface area contributed by atoms with E-state index >= 15 is 0 Å². The minimum absolute atomic E-state index is 0.0155. The Labute approximate surface area is 158 Å². The van der Waals surface area contributed by atoms with Gasteiger partial charge in [-0.25, -0.2) is 0 Å². The summed E-state index contributed by atoms with van der Waals surface area (Å²) in [6.07, 6.45) is 5.07. The standard InChI is InChI=1S/C23H20N2O2/c1-17(19-6-3-2-4-7-19)25(15-18-11-13-27-16-18)23(26)21-9-10-22-20(14-21)8-5-12-24-22/h2-14,16-17H,15H2,1H3. The summed E-state index contributed by atoms with van der Waals surface area (Å²) < 4.78 is 5.20. The van der Waals surface area contributed by atoms with Crippen molar-refractivity contribution in [3.63, 3.8) is 0 Å². The predicted molar refractivity (Wildman–Crippen MR) is 105 cm³/mol. The van der Waals surface area contributed by atoms with Gasteiger partial charge in [-0.15, -0.1) is 0 Å². The van der Waals surface area contributed by atoms with Gasteiger partial charge in [0.15, 0.2) is 0 Å². The number of benzene rings is 2. The summed E-state index contributed by atoms with van der Waals surface area (Å²) in [7, 11) is 0. The van der Waals surface area contributed by atoms with E-state index in [0.29, 0.717) is 12.1 Å². The molecule has 0 fully saturated rings. The third-order valence-electron chi connectivity index (χ3n) is 4.79. The van der Waals surface area contributed by atoms with Crippen molar-refractivity contribution in [1.29, 1.82) is 0 Å². The van der Waals surface area contributed by atoms with Gasteiger partial charge in [0.1, 0.15) is 0 Å². The quantitative estimate of drug-likeness (QED) is 0.492. The van der Waals surface area contributed by atoms with Gasteiger partial charge < -0.3 is 9.32 Å². The van der Waals surface area contributed by atoms with E-state index in [1.54, 1.807) is 18.7 Å². The SMILES string of the molecule is CC(c1ccccc1)N(Cc1ccoc1)C(=O)c1ccc2ncccc2c1. The van der Waals surface area contributed by atoms with Gasteiger partial charge in [0.05, 0.1) is 24.1 Å². The first-order valence-electron chi connectivity index (χ1n) is 8.94. The number of amides is 1. The molecule has 0 saturated carbocycles. The Hall–Kier alpha value is -3.40. The number of carbonyl (C=O) groups is 1. The van der Waals surface area contributed by atoms with Crippen LogP contribution < -0.4 is 0 Å². The molecule has 27 heavy (non-hydrogen) atoms. The van der Waals surface area contributed by atoms with Crippen molar-refractivity contribution in [2.75, 3.05) is 0 Å². The number of hydrogen-bond donors (Lipinski definition) is 0. The Balaban J connectivity index is 1.70. The zero-order valence-electron chi connectivity index (χ0n) is 15.1. The fourth-order valence-corrected chi connectivity index (χ4v) is 3.25. The van der Waals surface area contributed by atoms with E-state index in [2.05, 4.69) is 11.9 Å². The molecule has 4 aromatic rings. The van der Waals surface area contributed by atoms with E-state index in [-0.39, 0.29) is 11.9 Å². The molecule has 0 aliphatic carbocycles. The number of carbonyl (C=O) groups excluding carboxylic acids is 1. The minimum atomic E-state index is -0.0711. The first kappa shape index (κ1) is 17.0. The first-order valence-corrected chi connectivity index (χ1v) is 8.94. The highest BCUT2D eigenvalue weighted by molar-refractivity contribution is 5.98. The Morgan fingerprint density at radius 3 is 2.70 bits per heavy atom. The predicted octanol–water partition coefficient (Wildman–Crippen LogP) is 5.23. The van der Waals surface area contributed by atoms with Crippen LogP contribution in [0, 0.1) is 0 Å².